The van der Waals surface area contributed by atoms with Gasteiger partial charge in [0.1, 0.15) is 5.75 Å². The Morgan fingerprint density at radius 2 is 1.72 bits per heavy atom. The molecule has 0 saturated heterocycles. The number of carbonyl (C=O) groups excluding carboxylic acids is 1. The molecule has 4 aromatic carbocycles. The van der Waals surface area contributed by atoms with Crippen LogP contribution in [0.3, 0.4) is 0 Å². The van der Waals surface area contributed by atoms with E-state index >= 15 is 0 Å². The number of rotatable bonds is 7. The van der Waals surface area contributed by atoms with Crippen LogP contribution in [0, 0.1) is 0 Å². The van der Waals surface area contributed by atoms with E-state index in [0.29, 0.717) is 10.6 Å². The summed E-state index contributed by atoms with van der Waals surface area (Å²) in [5.74, 6) is 0.499. The molecule has 8 heteroatoms. The van der Waals surface area contributed by atoms with Crippen molar-refractivity contribution in [2.75, 3.05) is 12.4 Å². The molecule has 0 bridgehead atoms. The molecule has 178 valence electrons. The Labute approximate surface area is 217 Å². The summed E-state index contributed by atoms with van der Waals surface area (Å²) < 4.78 is 5.43. The topological polar surface area (TPSA) is 75.6 Å². The van der Waals surface area contributed by atoms with Gasteiger partial charge in [0.05, 0.1) is 19.0 Å². The number of anilines is 2. The van der Waals surface area contributed by atoms with E-state index in [1.54, 1.807) is 25.5 Å². The van der Waals surface area contributed by atoms with E-state index in [0.717, 1.165) is 44.2 Å². The van der Waals surface area contributed by atoms with Crippen LogP contribution in [0.15, 0.2) is 95.4 Å². The van der Waals surface area contributed by atoms with Crippen LogP contribution < -0.4 is 15.5 Å². The predicted octanol–water partition coefficient (Wildman–Crippen LogP) is 7.13. The average molecular weight is 513 g/mol. The van der Waals surface area contributed by atoms with E-state index < -0.39 is 0 Å². The number of ether oxygens (including phenoxy) is 1. The molecule has 6 nitrogen and oxygen atoms in total. The number of fused-ring (bicyclic) bond motifs is 1. The number of thiazole rings is 1. The second kappa shape index (κ2) is 10.6. The van der Waals surface area contributed by atoms with Crippen molar-refractivity contribution in [2.45, 2.75) is 0 Å². The number of nitrogens with zero attached hydrogens (tertiary/aromatic N) is 2. The van der Waals surface area contributed by atoms with Gasteiger partial charge in [0.2, 0.25) is 0 Å². The van der Waals surface area contributed by atoms with Crippen molar-refractivity contribution >= 4 is 56.7 Å². The van der Waals surface area contributed by atoms with Gasteiger partial charge in [-0.1, -0.05) is 48.0 Å². The Morgan fingerprint density at radius 1 is 0.972 bits per heavy atom. The molecule has 0 spiro atoms. The average Bonchev–Trinajstić information content (AvgIpc) is 3.38. The number of amides is 1. The number of hydrazone groups is 1. The maximum Gasteiger partial charge on any atom is 0.271 e. The number of hydrogen-bond donors (Lipinski definition) is 2. The molecule has 2 N–H and O–H groups in total. The third-order valence-corrected chi connectivity index (χ3v) is 6.56. The highest BCUT2D eigenvalue weighted by atomic mass is 35.5. The lowest BCUT2D eigenvalue weighted by atomic mass is 10.0. The molecule has 0 unspecified atom stereocenters. The molecule has 0 radical (unpaired) electrons. The minimum Gasteiger partial charge on any atom is -0.496 e. The maximum atomic E-state index is 12.6. The molecule has 1 aromatic heterocycles. The first-order valence-electron chi connectivity index (χ1n) is 11.1. The lowest BCUT2D eigenvalue weighted by Crippen LogP contribution is -2.17. The van der Waals surface area contributed by atoms with Crippen LogP contribution in [0.1, 0.15) is 15.9 Å². The summed E-state index contributed by atoms with van der Waals surface area (Å²) in [6.45, 7) is 0. The molecule has 5 rings (SSSR count). The van der Waals surface area contributed by atoms with Crippen molar-refractivity contribution in [1.82, 2.24) is 10.4 Å². The molecule has 5 aromatic rings. The Hall–Kier alpha value is -4.20. The molecule has 36 heavy (non-hydrogen) atoms. The van der Waals surface area contributed by atoms with Crippen molar-refractivity contribution in [3.05, 3.63) is 106 Å². The highest BCUT2D eigenvalue weighted by Crippen LogP contribution is 2.29. The van der Waals surface area contributed by atoms with Crippen molar-refractivity contribution in [2.24, 2.45) is 5.10 Å². The van der Waals surface area contributed by atoms with Gasteiger partial charge in [0.15, 0.2) is 5.13 Å². The second-order valence-electron chi connectivity index (χ2n) is 7.85. The van der Waals surface area contributed by atoms with Gasteiger partial charge in [0, 0.05) is 38.2 Å². The predicted molar refractivity (Wildman–Crippen MR) is 148 cm³/mol. The molecular weight excluding hydrogens is 492 g/mol. The Bertz CT molecular complexity index is 1550. The van der Waals surface area contributed by atoms with Crippen LogP contribution in [0.4, 0.5) is 10.8 Å². The van der Waals surface area contributed by atoms with E-state index in [9.17, 15) is 4.79 Å². The molecule has 1 heterocycles. The van der Waals surface area contributed by atoms with E-state index in [4.69, 9.17) is 16.3 Å². The molecule has 0 aliphatic rings. The van der Waals surface area contributed by atoms with Crippen molar-refractivity contribution in [3.63, 3.8) is 0 Å². The summed E-state index contributed by atoms with van der Waals surface area (Å²) in [7, 11) is 1.65. The Kier molecular flexibility index (Phi) is 6.93. The summed E-state index contributed by atoms with van der Waals surface area (Å²) in [4.78, 5) is 17.2. The summed E-state index contributed by atoms with van der Waals surface area (Å²) >= 11 is 7.44. The minimum atomic E-state index is -0.293. The van der Waals surface area contributed by atoms with Crippen molar-refractivity contribution in [3.8, 4) is 17.0 Å². The van der Waals surface area contributed by atoms with E-state index in [2.05, 4.69) is 20.8 Å². The molecule has 0 fully saturated rings. The highest BCUT2D eigenvalue weighted by Gasteiger charge is 2.09. The summed E-state index contributed by atoms with van der Waals surface area (Å²) in [6.07, 6.45) is 1.64. The lowest BCUT2D eigenvalue weighted by Gasteiger charge is -2.07. The van der Waals surface area contributed by atoms with Gasteiger partial charge < -0.3 is 10.1 Å². The SMILES string of the molecule is COc1ccc(/C=N\NC(=O)c2ccc(-c3csc(Nc4ccc(Cl)cc4)n3)cc2)c2ccccc12. The van der Waals surface area contributed by atoms with Crippen molar-refractivity contribution < 1.29 is 9.53 Å². The van der Waals surface area contributed by atoms with Gasteiger partial charge in [0.25, 0.3) is 5.91 Å². The number of aromatic nitrogens is 1. The largest absolute Gasteiger partial charge is 0.496 e. The molecule has 0 atom stereocenters. The third kappa shape index (κ3) is 5.22. The molecule has 0 saturated carbocycles. The zero-order valence-corrected chi connectivity index (χ0v) is 20.8. The van der Waals surface area contributed by atoms with Crippen LogP contribution in [0.5, 0.6) is 5.75 Å². The quantitative estimate of drug-likeness (QED) is 0.179. The second-order valence-corrected chi connectivity index (χ2v) is 9.14. The first-order valence-corrected chi connectivity index (χ1v) is 12.3. The first kappa shape index (κ1) is 23.5. The fourth-order valence-electron chi connectivity index (χ4n) is 3.72. The van der Waals surface area contributed by atoms with Crippen LogP contribution in [-0.2, 0) is 0 Å². The molecule has 0 aliphatic carbocycles. The summed E-state index contributed by atoms with van der Waals surface area (Å²) in [5.41, 5.74) is 6.65. The zero-order valence-electron chi connectivity index (χ0n) is 19.2. The van der Waals surface area contributed by atoms with Gasteiger partial charge in [-0.05, 0) is 53.9 Å². The monoisotopic (exact) mass is 512 g/mol. The number of nitrogens with one attached hydrogen (secondary N) is 2. The minimum absolute atomic E-state index is 0.293. The maximum absolute atomic E-state index is 12.6. The van der Waals surface area contributed by atoms with Gasteiger partial charge in [-0.25, -0.2) is 10.4 Å². The Morgan fingerprint density at radius 3 is 2.47 bits per heavy atom. The zero-order chi connectivity index (χ0) is 24.9. The fourth-order valence-corrected chi connectivity index (χ4v) is 4.59. The van der Waals surface area contributed by atoms with Crippen molar-refractivity contribution in [1.29, 1.82) is 0 Å². The van der Waals surface area contributed by atoms with E-state index in [-0.39, 0.29) is 5.91 Å². The molecular formula is C28H21ClN4O2S. The fraction of sp³-hybridized carbons (Fsp3) is 0.0357. The number of benzene rings is 4. The van der Waals surface area contributed by atoms with E-state index in [1.807, 2.05) is 78.2 Å². The van der Waals surface area contributed by atoms with Crippen LogP contribution in [-0.4, -0.2) is 24.2 Å². The van der Waals surface area contributed by atoms with Crippen LogP contribution in [0.25, 0.3) is 22.0 Å². The van der Waals surface area contributed by atoms with Gasteiger partial charge in [-0.15, -0.1) is 11.3 Å². The summed E-state index contributed by atoms with van der Waals surface area (Å²) in [5, 5.41) is 12.8. The third-order valence-electron chi connectivity index (χ3n) is 5.55. The standard InChI is InChI=1S/C28H21ClN4O2S/c1-35-26-15-10-20(23-4-2-3-5-24(23)26)16-30-33-27(34)19-8-6-18(7-9-19)25-17-36-28(32-25)31-22-13-11-21(29)12-14-22/h2-17H,1H3,(H,31,32)(H,33,34)/b30-16-. The summed E-state index contributed by atoms with van der Waals surface area (Å²) in [6, 6.07) is 26.4. The molecule has 0 aliphatic heterocycles. The number of methoxy groups -OCH3 is 1. The molecule has 1 amide bonds. The Balaban J connectivity index is 1.24. The van der Waals surface area contributed by atoms with Crippen LogP contribution in [0.2, 0.25) is 5.02 Å². The first-order chi connectivity index (χ1) is 17.6. The van der Waals surface area contributed by atoms with Gasteiger partial charge >= 0.3 is 0 Å². The number of carbonyl (C=O) groups is 1. The normalized spacial score (nSPS) is 11.1. The number of halogens is 1. The van der Waals surface area contributed by atoms with Crippen LogP contribution >= 0.6 is 22.9 Å². The van der Waals surface area contributed by atoms with Gasteiger partial charge in [-0.2, -0.15) is 5.10 Å². The van der Waals surface area contributed by atoms with E-state index in [1.165, 1.54) is 11.3 Å². The number of hydrogen-bond acceptors (Lipinski definition) is 6. The highest BCUT2D eigenvalue weighted by molar-refractivity contribution is 7.14. The van der Waals surface area contributed by atoms with Gasteiger partial charge in [-0.3, -0.25) is 4.79 Å². The smallest absolute Gasteiger partial charge is 0.271 e. The lowest BCUT2D eigenvalue weighted by molar-refractivity contribution is 0.0955.